The maximum atomic E-state index is 13.3. The van der Waals surface area contributed by atoms with Crippen molar-refractivity contribution in [1.29, 1.82) is 0 Å². The standard InChI is InChI=1S/C18H13ClF4N7O/c19-12-6-11(20)2-3-13(12)31-14-5-10(18(21,22)23)8-27-17(14)28-15-4-1-9(7-26-15)16(24)29-30-25/h1-8,16,24H,(H2,25,29)(H,26,27,28)/q-1. The second-order valence-electron chi connectivity index (χ2n) is 5.98. The molecule has 0 aliphatic carbocycles. The Morgan fingerprint density at radius 2 is 1.87 bits per heavy atom. The molecule has 0 saturated carbocycles. The fourth-order valence-electron chi connectivity index (χ4n) is 2.34. The number of alkyl halides is 3. The van der Waals surface area contributed by atoms with Crippen LogP contribution >= 0.6 is 11.6 Å². The van der Waals surface area contributed by atoms with Gasteiger partial charge >= 0.3 is 6.18 Å². The van der Waals surface area contributed by atoms with Crippen molar-refractivity contribution >= 4 is 23.2 Å². The van der Waals surface area contributed by atoms with Crippen LogP contribution in [0.15, 0.2) is 59.1 Å². The number of nitrogens with one attached hydrogen (secondary N) is 2. The summed E-state index contributed by atoms with van der Waals surface area (Å²) >= 11 is 5.91. The van der Waals surface area contributed by atoms with E-state index < -0.39 is 23.7 Å². The molecule has 1 aromatic carbocycles. The van der Waals surface area contributed by atoms with Gasteiger partial charge in [0.1, 0.15) is 17.4 Å². The van der Waals surface area contributed by atoms with E-state index in [0.29, 0.717) is 11.8 Å². The summed E-state index contributed by atoms with van der Waals surface area (Å²) in [5.41, 5.74) is 7.03. The van der Waals surface area contributed by atoms with Crippen LogP contribution in [0.3, 0.4) is 0 Å². The molecule has 162 valence electrons. The highest BCUT2D eigenvalue weighted by atomic mass is 35.5. The van der Waals surface area contributed by atoms with E-state index in [-0.39, 0.29) is 28.2 Å². The van der Waals surface area contributed by atoms with Crippen LogP contribution in [0.1, 0.15) is 17.3 Å². The summed E-state index contributed by atoms with van der Waals surface area (Å²) in [6.45, 7) is 0. The second kappa shape index (κ2) is 9.10. The van der Waals surface area contributed by atoms with Gasteiger partial charge in [0.2, 0.25) is 0 Å². The lowest BCUT2D eigenvalue weighted by molar-refractivity contribution is -0.137. The van der Waals surface area contributed by atoms with Crippen LogP contribution in [0.5, 0.6) is 11.5 Å². The lowest BCUT2D eigenvalue weighted by Gasteiger charge is -2.16. The lowest BCUT2D eigenvalue weighted by atomic mass is 10.2. The number of pyridine rings is 2. The first-order valence-electron chi connectivity index (χ1n) is 8.41. The molecule has 0 bridgehead atoms. The molecular formula is C18H13ClF4N7O-. The van der Waals surface area contributed by atoms with Crippen molar-refractivity contribution in [3.8, 4) is 11.5 Å². The Morgan fingerprint density at radius 1 is 1.10 bits per heavy atom. The van der Waals surface area contributed by atoms with E-state index in [1.807, 2.05) is 0 Å². The van der Waals surface area contributed by atoms with Crippen molar-refractivity contribution in [3.63, 3.8) is 0 Å². The predicted octanol–water partition coefficient (Wildman–Crippen LogP) is 6.20. The van der Waals surface area contributed by atoms with Crippen LogP contribution in [0.25, 0.3) is 5.73 Å². The first-order chi connectivity index (χ1) is 14.7. The van der Waals surface area contributed by atoms with Crippen LogP contribution in [0, 0.1) is 5.82 Å². The number of nitrogens with two attached hydrogens (primary N) is 1. The molecule has 0 amide bonds. The number of halogens is 5. The number of hydrogen-bond donors (Lipinski definition) is 2. The molecule has 1 unspecified atom stereocenters. The van der Waals surface area contributed by atoms with E-state index in [9.17, 15) is 17.6 Å². The molecule has 2 aromatic heterocycles. The summed E-state index contributed by atoms with van der Waals surface area (Å²) in [5, 5.41) is 9.07. The number of benzene rings is 1. The van der Waals surface area contributed by atoms with Crippen molar-refractivity contribution in [1.82, 2.24) is 9.97 Å². The molecular weight excluding hydrogens is 442 g/mol. The van der Waals surface area contributed by atoms with Crippen molar-refractivity contribution in [2.24, 2.45) is 16.2 Å². The summed E-state index contributed by atoms with van der Waals surface area (Å²) in [7, 11) is 0. The molecule has 0 radical (unpaired) electrons. The summed E-state index contributed by atoms with van der Waals surface area (Å²) in [5.74, 6) is 3.99. The number of aromatic nitrogens is 2. The molecule has 0 aliphatic heterocycles. The smallest absolute Gasteiger partial charge is 0.418 e. The minimum absolute atomic E-state index is 0.0697. The van der Waals surface area contributed by atoms with Crippen molar-refractivity contribution in [2.75, 3.05) is 5.32 Å². The monoisotopic (exact) mass is 454 g/mol. The van der Waals surface area contributed by atoms with E-state index in [1.165, 1.54) is 24.4 Å². The van der Waals surface area contributed by atoms with E-state index in [0.717, 1.165) is 18.2 Å². The summed E-state index contributed by atoms with van der Waals surface area (Å²) in [6, 6.07) is 6.87. The lowest BCUT2D eigenvalue weighted by Crippen LogP contribution is -2.08. The Bertz CT molecular complexity index is 1090. The SMILES string of the molecule is [NH-]C(N=NN)c1ccc(Nc2ncc(C(F)(F)F)cc2Oc2ccc(F)cc2Cl)nc1. The maximum Gasteiger partial charge on any atom is 0.418 e. The molecule has 8 nitrogen and oxygen atoms in total. The van der Waals surface area contributed by atoms with Gasteiger partial charge in [-0.25, -0.2) is 14.4 Å². The number of hydrogen-bond acceptors (Lipinski definition) is 6. The Kier molecular flexibility index (Phi) is 6.51. The Labute approximate surface area is 177 Å². The van der Waals surface area contributed by atoms with Crippen LogP contribution in [-0.2, 0) is 6.18 Å². The first kappa shape index (κ1) is 22.2. The maximum absolute atomic E-state index is 13.3. The number of rotatable bonds is 6. The summed E-state index contributed by atoms with van der Waals surface area (Å²) < 4.78 is 58.1. The van der Waals surface area contributed by atoms with Gasteiger partial charge in [-0.05, 0) is 35.9 Å². The number of anilines is 2. The van der Waals surface area contributed by atoms with E-state index in [1.54, 1.807) is 0 Å². The average Bonchev–Trinajstić information content (AvgIpc) is 2.71. The third-order valence-corrected chi connectivity index (χ3v) is 4.12. The zero-order valence-corrected chi connectivity index (χ0v) is 16.1. The van der Waals surface area contributed by atoms with Gasteiger partial charge in [0.15, 0.2) is 11.6 Å². The predicted molar refractivity (Wildman–Crippen MR) is 104 cm³/mol. The molecule has 0 spiro atoms. The van der Waals surface area contributed by atoms with Crippen LogP contribution in [0.4, 0.5) is 29.2 Å². The molecule has 31 heavy (non-hydrogen) atoms. The van der Waals surface area contributed by atoms with Gasteiger partial charge in [0.05, 0.1) is 10.6 Å². The molecule has 1 atom stereocenters. The third kappa shape index (κ3) is 5.55. The number of nitrogens with zero attached hydrogens (tertiary/aromatic N) is 4. The average molecular weight is 455 g/mol. The van der Waals surface area contributed by atoms with Crippen molar-refractivity contribution in [2.45, 2.75) is 12.3 Å². The first-order valence-corrected chi connectivity index (χ1v) is 8.79. The van der Waals surface area contributed by atoms with Crippen molar-refractivity contribution in [3.05, 3.63) is 76.5 Å². The van der Waals surface area contributed by atoms with Gasteiger partial charge < -0.3 is 21.6 Å². The van der Waals surface area contributed by atoms with Crippen LogP contribution in [-0.4, -0.2) is 9.97 Å². The van der Waals surface area contributed by atoms with Gasteiger partial charge in [0.25, 0.3) is 0 Å². The zero-order chi connectivity index (χ0) is 22.6. The normalized spacial score (nSPS) is 12.7. The molecule has 2 heterocycles. The Morgan fingerprint density at radius 3 is 2.48 bits per heavy atom. The molecule has 0 saturated heterocycles. The van der Waals surface area contributed by atoms with Crippen LogP contribution < -0.4 is 15.9 Å². The van der Waals surface area contributed by atoms with Crippen molar-refractivity contribution < 1.29 is 22.3 Å². The van der Waals surface area contributed by atoms with E-state index >= 15 is 0 Å². The summed E-state index contributed by atoms with van der Waals surface area (Å²) in [4.78, 5) is 7.83. The highest BCUT2D eigenvalue weighted by Gasteiger charge is 2.32. The van der Waals surface area contributed by atoms with Gasteiger partial charge in [-0.15, -0.1) is 0 Å². The zero-order valence-electron chi connectivity index (χ0n) is 15.4. The van der Waals surface area contributed by atoms with E-state index in [2.05, 4.69) is 25.6 Å². The van der Waals surface area contributed by atoms with E-state index in [4.69, 9.17) is 27.9 Å². The Hall–Kier alpha value is -3.51. The highest BCUT2D eigenvalue weighted by Crippen LogP contribution is 2.38. The fourth-order valence-corrected chi connectivity index (χ4v) is 2.55. The number of ether oxygens (including phenoxy) is 1. The topological polar surface area (TPSA) is 122 Å². The molecule has 3 aromatic rings. The minimum atomic E-state index is -4.67. The fraction of sp³-hybridized carbons (Fsp3) is 0.111. The highest BCUT2D eigenvalue weighted by molar-refractivity contribution is 6.32. The van der Waals surface area contributed by atoms with Gasteiger partial charge in [-0.3, -0.25) is 0 Å². The molecule has 3 rings (SSSR count). The van der Waals surface area contributed by atoms with Gasteiger partial charge in [-0.1, -0.05) is 22.9 Å². The second-order valence-corrected chi connectivity index (χ2v) is 6.39. The molecule has 13 heteroatoms. The molecule has 0 aliphatic rings. The van der Waals surface area contributed by atoms with Gasteiger partial charge in [-0.2, -0.15) is 18.3 Å². The summed E-state index contributed by atoms with van der Waals surface area (Å²) in [6.07, 6.45) is -3.81. The largest absolute Gasteiger partial charge is 0.650 e. The third-order valence-electron chi connectivity index (χ3n) is 3.82. The molecule has 4 N–H and O–H groups in total. The minimum Gasteiger partial charge on any atom is -0.650 e. The quantitative estimate of drug-likeness (QED) is 0.199. The van der Waals surface area contributed by atoms with Crippen LogP contribution in [0.2, 0.25) is 5.02 Å². The Balaban J connectivity index is 1.93. The molecule has 0 fully saturated rings. The van der Waals surface area contributed by atoms with Gasteiger partial charge in [0, 0.05) is 18.6 Å².